The number of ether oxygens (including phenoxy) is 1. The standard InChI is InChI=1S/C18H21BrO2/c1-12-4-5-13(2)14(8-12)10-17(20)11-15-9-16(19)6-7-18(15)21-3/h4-9,17,20H,10-11H2,1-3H3. The Morgan fingerprint density at radius 2 is 1.76 bits per heavy atom. The minimum Gasteiger partial charge on any atom is -0.496 e. The lowest BCUT2D eigenvalue weighted by atomic mass is 9.96. The summed E-state index contributed by atoms with van der Waals surface area (Å²) in [6, 6.07) is 12.2. The van der Waals surface area contributed by atoms with Gasteiger partial charge in [-0.3, -0.25) is 0 Å². The van der Waals surface area contributed by atoms with Gasteiger partial charge in [0.25, 0.3) is 0 Å². The van der Waals surface area contributed by atoms with Crippen molar-refractivity contribution in [1.29, 1.82) is 0 Å². The SMILES string of the molecule is COc1ccc(Br)cc1CC(O)Cc1cc(C)ccc1C. The molecule has 0 aromatic heterocycles. The molecule has 2 nitrogen and oxygen atoms in total. The lowest BCUT2D eigenvalue weighted by Gasteiger charge is -2.15. The first-order chi connectivity index (χ1) is 9.99. The molecule has 0 fully saturated rings. The normalized spacial score (nSPS) is 12.2. The maximum atomic E-state index is 10.4. The van der Waals surface area contributed by atoms with Crippen LogP contribution in [0.25, 0.3) is 0 Å². The minimum absolute atomic E-state index is 0.423. The van der Waals surface area contributed by atoms with E-state index in [1.54, 1.807) is 7.11 Å². The van der Waals surface area contributed by atoms with Crippen molar-refractivity contribution in [1.82, 2.24) is 0 Å². The summed E-state index contributed by atoms with van der Waals surface area (Å²) in [5.74, 6) is 0.818. The van der Waals surface area contributed by atoms with Crippen molar-refractivity contribution in [3.8, 4) is 5.75 Å². The van der Waals surface area contributed by atoms with Crippen LogP contribution in [0.3, 0.4) is 0 Å². The molecule has 0 aliphatic rings. The number of aliphatic hydroxyl groups excluding tert-OH is 1. The van der Waals surface area contributed by atoms with Crippen molar-refractivity contribution in [3.05, 3.63) is 63.1 Å². The van der Waals surface area contributed by atoms with E-state index in [9.17, 15) is 5.11 Å². The smallest absolute Gasteiger partial charge is 0.122 e. The summed E-state index contributed by atoms with van der Waals surface area (Å²) in [7, 11) is 1.66. The topological polar surface area (TPSA) is 29.5 Å². The van der Waals surface area contributed by atoms with Crippen LogP contribution in [-0.2, 0) is 12.8 Å². The van der Waals surface area contributed by atoms with Crippen LogP contribution in [-0.4, -0.2) is 18.3 Å². The van der Waals surface area contributed by atoms with Crippen molar-refractivity contribution in [2.45, 2.75) is 32.8 Å². The Labute approximate surface area is 134 Å². The molecule has 3 heteroatoms. The van der Waals surface area contributed by atoms with E-state index in [4.69, 9.17) is 4.74 Å². The highest BCUT2D eigenvalue weighted by atomic mass is 79.9. The molecule has 1 unspecified atom stereocenters. The molecule has 0 bridgehead atoms. The molecular weight excluding hydrogens is 328 g/mol. The molecule has 0 aliphatic carbocycles. The second-order valence-corrected chi connectivity index (χ2v) is 6.36. The van der Waals surface area contributed by atoms with Crippen LogP contribution in [0.2, 0.25) is 0 Å². The Kier molecular flexibility index (Phi) is 5.43. The van der Waals surface area contributed by atoms with Gasteiger partial charge in [-0.2, -0.15) is 0 Å². The van der Waals surface area contributed by atoms with Crippen LogP contribution >= 0.6 is 15.9 Å². The van der Waals surface area contributed by atoms with E-state index in [-0.39, 0.29) is 0 Å². The summed E-state index contributed by atoms with van der Waals surface area (Å²) < 4.78 is 6.36. The molecule has 0 radical (unpaired) electrons. The highest BCUT2D eigenvalue weighted by Gasteiger charge is 2.12. The largest absolute Gasteiger partial charge is 0.496 e. The van der Waals surface area contributed by atoms with E-state index in [2.05, 4.69) is 48.0 Å². The molecule has 112 valence electrons. The lowest BCUT2D eigenvalue weighted by molar-refractivity contribution is 0.174. The molecule has 2 aromatic carbocycles. The van der Waals surface area contributed by atoms with Gasteiger partial charge in [-0.25, -0.2) is 0 Å². The second kappa shape index (κ2) is 7.10. The molecule has 0 heterocycles. The maximum Gasteiger partial charge on any atom is 0.122 e. The number of aryl methyl sites for hydroxylation is 2. The molecule has 21 heavy (non-hydrogen) atoms. The van der Waals surface area contributed by atoms with Gasteiger partial charge in [0.2, 0.25) is 0 Å². The second-order valence-electron chi connectivity index (χ2n) is 5.45. The Bertz CT molecular complexity index is 623. The van der Waals surface area contributed by atoms with Gasteiger partial charge in [0.05, 0.1) is 13.2 Å². The van der Waals surface area contributed by atoms with Crippen LogP contribution in [0.1, 0.15) is 22.3 Å². The molecule has 1 atom stereocenters. The fourth-order valence-electron chi connectivity index (χ4n) is 2.51. The van der Waals surface area contributed by atoms with Gasteiger partial charge in [-0.05, 0) is 55.2 Å². The zero-order valence-corrected chi connectivity index (χ0v) is 14.3. The van der Waals surface area contributed by atoms with Crippen molar-refractivity contribution in [2.24, 2.45) is 0 Å². The van der Waals surface area contributed by atoms with Gasteiger partial charge >= 0.3 is 0 Å². The summed E-state index contributed by atoms with van der Waals surface area (Å²) >= 11 is 3.47. The fraction of sp³-hybridized carbons (Fsp3) is 0.333. The van der Waals surface area contributed by atoms with Gasteiger partial charge < -0.3 is 9.84 Å². The fourth-order valence-corrected chi connectivity index (χ4v) is 2.92. The van der Waals surface area contributed by atoms with Gasteiger partial charge in [0.1, 0.15) is 5.75 Å². The van der Waals surface area contributed by atoms with E-state index in [0.29, 0.717) is 12.8 Å². The molecule has 2 aromatic rings. The van der Waals surface area contributed by atoms with E-state index < -0.39 is 6.10 Å². The minimum atomic E-state index is -0.423. The summed E-state index contributed by atoms with van der Waals surface area (Å²) in [5.41, 5.74) is 4.67. The van der Waals surface area contributed by atoms with Crippen molar-refractivity contribution >= 4 is 15.9 Å². The van der Waals surface area contributed by atoms with Gasteiger partial charge in [-0.1, -0.05) is 39.7 Å². The third kappa shape index (κ3) is 4.32. The Morgan fingerprint density at radius 1 is 1.05 bits per heavy atom. The number of halogens is 1. The number of hydrogen-bond acceptors (Lipinski definition) is 2. The Balaban J connectivity index is 2.13. The predicted molar refractivity (Wildman–Crippen MR) is 90.0 cm³/mol. The molecule has 0 spiro atoms. The highest BCUT2D eigenvalue weighted by molar-refractivity contribution is 9.10. The van der Waals surface area contributed by atoms with Crippen molar-refractivity contribution in [2.75, 3.05) is 7.11 Å². The van der Waals surface area contributed by atoms with Crippen molar-refractivity contribution < 1.29 is 9.84 Å². The molecule has 0 aliphatic heterocycles. The maximum absolute atomic E-state index is 10.4. The monoisotopic (exact) mass is 348 g/mol. The van der Waals surface area contributed by atoms with E-state index in [1.165, 1.54) is 16.7 Å². The average Bonchev–Trinajstić information content (AvgIpc) is 2.43. The van der Waals surface area contributed by atoms with E-state index in [0.717, 1.165) is 15.8 Å². The molecule has 1 N–H and O–H groups in total. The summed E-state index contributed by atoms with van der Waals surface area (Å²) in [5, 5.41) is 10.4. The zero-order chi connectivity index (χ0) is 15.4. The molecule has 2 rings (SSSR count). The van der Waals surface area contributed by atoms with Crippen LogP contribution in [0.15, 0.2) is 40.9 Å². The summed E-state index contributed by atoms with van der Waals surface area (Å²) in [6.07, 6.45) is 0.813. The quantitative estimate of drug-likeness (QED) is 0.876. The third-order valence-corrected chi connectivity index (χ3v) is 4.15. The van der Waals surface area contributed by atoms with Crippen molar-refractivity contribution in [3.63, 3.8) is 0 Å². The first kappa shape index (κ1) is 16.1. The zero-order valence-electron chi connectivity index (χ0n) is 12.7. The highest BCUT2D eigenvalue weighted by Crippen LogP contribution is 2.25. The number of aliphatic hydroxyl groups is 1. The van der Waals surface area contributed by atoms with Crippen LogP contribution < -0.4 is 4.74 Å². The first-order valence-electron chi connectivity index (χ1n) is 7.06. The molecule has 0 amide bonds. The summed E-state index contributed by atoms with van der Waals surface area (Å²) in [6.45, 7) is 4.16. The van der Waals surface area contributed by atoms with Crippen LogP contribution in [0.4, 0.5) is 0 Å². The first-order valence-corrected chi connectivity index (χ1v) is 7.85. The van der Waals surface area contributed by atoms with E-state index >= 15 is 0 Å². The van der Waals surface area contributed by atoms with Gasteiger partial charge in [0, 0.05) is 10.9 Å². The van der Waals surface area contributed by atoms with E-state index in [1.807, 2.05) is 18.2 Å². The molecule has 0 saturated carbocycles. The predicted octanol–water partition coefficient (Wildman–Crippen LogP) is 4.22. The number of hydrogen-bond donors (Lipinski definition) is 1. The summed E-state index contributed by atoms with van der Waals surface area (Å²) in [4.78, 5) is 0. The number of rotatable bonds is 5. The van der Waals surface area contributed by atoms with Crippen LogP contribution in [0, 0.1) is 13.8 Å². The third-order valence-electron chi connectivity index (χ3n) is 3.66. The number of methoxy groups -OCH3 is 1. The Hall–Kier alpha value is -1.32. The lowest BCUT2D eigenvalue weighted by Crippen LogP contribution is -2.15. The van der Waals surface area contributed by atoms with Gasteiger partial charge in [-0.15, -0.1) is 0 Å². The molecule has 0 saturated heterocycles. The average molecular weight is 349 g/mol. The molecular formula is C18H21BrO2. The van der Waals surface area contributed by atoms with Crippen LogP contribution in [0.5, 0.6) is 5.75 Å². The number of benzene rings is 2. The Morgan fingerprint density at radius 3 is 2.48 bits per heavy atom. The van der Waals surface area contributed by atoms with Gasteiger partial charge in [0.15, 0.2) is 0 Å².